The molecular weight excluding hydrogens is 502 g/mol. The fraction of sp³-hybridized carbons (Fsp3) is 0.912. The van der Waals surface area contributed by atoms with Gasteiger partial charge >= 0.3 is 5.97 Å². The van der Waals surface area contributed by atoms with Crippen molar-refractivity contribution in [2.45, 2.75) is 130 Å². The fourth-order valence-electron chi connectivity index (χ4n) is 10.7. The van der Waals surface area contributed by atoms with Crippen molar-refractivity contribution >= 4 is 17.7 Å². The number of rotatable bonds is 8. The number of esters is 1. The fourth-order valence-corrected chi connectivity index (χ4v) is 10.7. The van der Waals surface area contributed by atoms with Crippen LogP contribution in [0.3, 0.4) is 0 Å². The third-order valence-corrected chi connectivity index (χ3v) is 13.4. The van der Waals surface area contributed by atoms with Crippen molar-refractivity contribution in [1.29, 1.82) is 0 Å². The van der Waals surface area contributed by atoms with E-state index in [4.69, 9.17) is 9.47 Å². The van der Waals surface area contributed by atoms with Crippen LogP contribution < -0.4 is 5.32 Å². The molecule has 4 aliphatic carbocycles. The second-order valence-electron chi connectivity index (χ2n) is 15.2. The van der Waals surface area contributed by atoms with Crippen molar-refractivity contribution in [1.82, 2.24) is 5.32 Å². The maximum Gasteiger partial charge on any atom is 0.328 e. The predicted molar refractivity (Wildman–Crippen MR) is 155 cm³/mol. The van der Waals surface area contributed by atoms with E-state index in [0.29, 0.717) is 40.5 Å². The summed E-state index contributed by atoms with van der Waals surface area (Å²) in [5.74, 6) is 3.90. The van der Waals surface area contributed by atoms with Crippen LogP contribution in [-0.2, 0) is 23.9 Å². The second kappa shape index (κ2) is 11.3. The molecule has 6 nitrogen and oxygen atoms in total. The van der Waals surface area contributed by atoms with Crippen molar-refractivity contribution in [3.05, 3.63) is 0 Å². The minimum atomic E-state index is -0.593. The Morgan fingerprint density at radius 2 is 1.85 bits per heavy atom. The van der Waals surface area contributed by atoms with Gasteiger partial charge in [0.15, 0.2) is 0 Å². The summed E-state index contributed by atoms with van der Waals surface area (Å²) in [5.41, 5.74) is 0.685. The molecule has 226 valence electrons. The summed E-state index contributed by atoms with van der Waals surface area (Å²) in [6.07, 6.45) is 12.0. The molecule has 0 spiro atoms. The molecule has 0 aromatic carbocycles. The highest BCUT2D eigenvalue weighted by molar-refractivity contribution is 5.85. The Kier molecular flexibility index (Phi) is 8.52. The Labute approximate surface area is 242 Å². The van der Waals surface area contributed by atoms with E-state index < -0.39 is 6.04 Å². The molecule has 0 aromatic heterocycles. The molecule has 5 aliphatic rings. The molecule has 4 saturated carbocycles. The van der Waals surface area contributed by atoms with Crippen molar-refractivity contribution in [2.24, 2.45) is 58.2 Å². The lowest BCUT2D eigenvalue weighted by Gasteiger charge is -2.60. The van der Waals surface area contributed by atoms with Crippen molar-refractivity contribution < 1.29 is 23.9 Å². The number of Topliss-reactive ketones (excluding diaryl/α,β-unsaturated/α-hetero) is 1. The van der Waals surface area contributed by atoms with Crippen LogP contribution in [0.2, 0.25) is 0 Å². The van der Waals surface area contributed by atoms with E-state index in [2.05, 4.69) is 26.1 Å². The first kappa shape index (κ1) is 30.0. The number of ketones is 1. The number of hydrogen-bond donors (Lipinski definition) is 1. The molecule has 40 heavy (non-hydrogen) atoms. The Morgan fingerprint density at radius 3 is 2.55 bits per heavy atom. The van der Waals surface area contributed by atoms with Crippen LogP contribution in [-0.4, -0.2) is 43.0 Å². The van der Waals surface area contributed by atoms with E-state index in [1.54, 1.807) is 0 Å². The summed E-state index contributed by atoms with van der Waals surface area (Å²) in [5, 5.41) is 2.97. The zero-order chi connectivity index (χ0) is 29.0. The van der Waals surface area contributed by atoms with Crippen LogP contribution in [0.4, 0.5) is 0 Å². The summed E-state index contributed by atoms with van der Waals surface area (Å²) in [7, 11) is 1.38. The summed E-state index contributed by atoms with van der Waals surface area (Å²) < 4.78 is 11.8. The summed E-state index contributed by atoms with van der Waals surface area (Å²) in [4.78, 5) is 37.5. The van der Waals surface area contributed by atoms with Gasteiger partial charge in [-0.25, -0.2) is 4.79 Å². The molecule has 0 aromatic rings. The van der Waals surface area contributed by atoms with Gasteiger partial charge in [-0.1, -0.05) is 48.0 Å². The number of carbonyl (C=O) groups excluding carboxylic acids is 3. The number of methoxy groups -OCH3 is 1. The van der Waals surface area contributed by atoms with Crippen LogP contribution in [0.5, 0.6) is 0 Å². The Balaban J connectivity index is 1.19. The van der Waals surface area contributed by atoms with E-state index in [1.165, 1.54) is 39.2 Å². The van der Waals surface area contributed by atoms with Crippen LogP contribution >= 0.6 is 0 Å². The Bertz CT molecular complexity index is 981. The first-order chi connectivity index (χ1) is 18.9. The van der Waals surface area contributed by atoms with Crippen molar-refractivity contribution in [3.8, 4) is 0 Å². The highest BCUT2D eigenvalue weighted by Crippen LogP contribution is 2.69. The summed E-state index contributed by atoms with van der Waals surface area (Å²) in [6, 6.07) is -0.593. The smallest absolute Gasteiger partial charge is 0.328 e. The molecule has 1 saturated heterocycles. The quantitative estimate of drug-likeness (QED) is 0.352. The van der Waals surface area contributed by atoms with Crippen LogP contribution in [0.1, 0.15) is 112 Å². The number of hydrogen-bond acceptors (Lipinski definition) is 5. The van der Waals surface area contributed by atoms with Gasteiger partial charge in [-0.3, -0.25) is 9.59 Å². The first-order valence-electron chi connectivity index (χ1n) is 16.5. The molecule has 0 radical (unpaired) electrons. The minimum Gasteiger partial charge on any atom is -0.467 e. The van der Waals surface area contributed by atoms with Gasteiger partial charge in [0.25, 0.3) is 0 Å². The predicted octanol–water partition coefficient (Wildman–Crippen LogP) is 6.35. The van der Waals surface area contributed by atoms with Crippen LogP contribution in [0.15, 0.2) is 0 Å². The molecule has 1 N–H and O–H groups in total. The highest BCUT2D eigenvalue weighted by atomic mass is 16.5. The number of fused-ring (bicyclic) bond motifs is 7. The molecular formula is C34H55NO5. The number of amides is 1. The molecule has 2 unspecified atom stereocenters. The molecule has 13 atom stereocenters. The van der Waals surface area contributed by atoms with E-state index in [-0.39, 0.29) is 29.8 Å². The zero-order valence-electron chi connectivity index (χ0n) is 26.2. The van der Waals surface area contributed by atoms with Crippen LogP contribution in [0.25, 0.3) is 0 Å². The topological polar surface area (TPSA) is 81.7 Å². The van der Waals surface area contributed by atoms with E-state index in [1.807, 2.05) is 20.8 Å². The Morgan fingerprint density at radius 1 is 1.10 bits per heavy atom. The van der Waals surface area contributed by atoms with Crippen molar-refractivity contribution in [3.63, 3.8) is 0 Å². The molecule has 5 fully saturated rings. The lowest BCUT2D eigenvalue weighted by molar-refractivity contribution is -0.147. The number of nitrogens with one attached hydrogen (secondary N) is 1. The third-order valence-electron chi connectivity index (χ3n) is 13.4. The van der Waals surface area contributed by atoms with Gasteiger partial charge < -0.3 is 14.8 Å². The standard InChI is InChI=1S/C34H55NO5/c1-8-19(2)30(32(38)39-7)35-31(37)20(3)9-12-27-21(4)29-28(40-27)18-26-24-11-10-22-17-23(36)13-15-33(22,5)25(24)14-16-34(26,29)6/h19-22,24-30H,8-18H2,1-7H3,(H,35,37)/t19?,20-,21+,22+,24+,25-,26-,27+,28-,29-,30?,33-,34-/m0/s1. The normalized spacial score (nSPS) is 44.4. The van der Waals surface area contributed by atoms with E-state index in [0.717, 1.165) is 56.3 Å². The highest BCUT2D eigenvalue weighted by Gasteiger charge is 2.65. The average Bonchev–Trinajstić information content (AvgIpc) is 3.42. The molecule has 5 rings (SSSR count). The summed E-state index contributed by atoms with van der Waals surface area (Å²) >= 11 is 0. The monoisotopic (exact) mass is 557 g/mol. The summed E-state index contributed by atoms with van der Waals surface area (Å²) in [6.45, 7) is 13.5. The SMILES string of the molecule is CCC(C)C(NC(=O)[C@@H](C)CC[C@H]1O[C@H]2C[C@H]3[C@@H]4CC[C@@H]5CC(=O)CC[C@]5(C)[C@H]4CC[C@]3(C)[C@H]2[C@@H]1C)C(=O)OC. The zero-order valence-corrected chi connectivity index (χ0v) is 26.2. The van der Waals surface area contributed by atoms with Gasteiger partial charge in [0.1, 0.15) is 11.8 Å². The van der Waals surface area contributed by atoms with E-state index in [9.17, 15) is 14.4 Å². The van der Waals surface area contributed by atoms with Gasteiger partial charge in [0, 0.05) is 18.8 Å². The lowest BCUT2D eigenvalue weighted by atomic mass is 9.44. The molecule has 1 amide bonds. The first-order valence-corrected chi connectivity index (χ1v) is 16.5. The van der Waals surface area contributed by atoms with Gasteiger partial charge in [0.2, 0.25) is 5.91 Å². The largest absolute Gasteiger partial charge is 0.467 e. The Hall–Kier alpha value is -1.43. The van der Waals surface area contributed by atoms with Gasteiger partial charge in [0.05, 0.1) is 19.3 Å². The molecule has 0 bridgehead atoms. The van der Waals surface area contributed by atoms with Crippen LogP contribution in [0, 0.1) is 58.2 Å². The second-order valence-corrected chi connectivity index (χ2v) is 15.2. The average molecular weight is 558 g/mol. The van der Waals surface area contributed by atoms with Crippen molar-refractivity contribution in [2.75, 3.05) is 7.11 Å². The van der Waals surface area contributed by atoms with Gasteiger partial charge in [-0.2, -0.15) is 0 Å². The van der Waals surface area contributed by atoms with Gasteiger partial charge in [-0.15, -0.1) is 0 Å². The maximum absolute atomic E-state index is 13.0. The molecule has 6 heteroatoms. The minimum absolute atomic E-state index is 0.0307. The molecule has 1 aliphatic heterocycles. The number of carbonyl (C=O) groups is 3. The maximum atomic E-state index is 13.0. The molecule has 1 heterocycles. The van der Waals surface area contributed by atoms with Gasteiger partial charge in [-0.05, 0) is 104 Å². The van der Waals surface area contributed by atoms with E-state index >= 15 is 0 Å². The lowest BCUT2D eigenvalue weighted by Crippen LogP contribution is -2.54. The third kappa shape index (κ3) is 4.96. The number of ether oxygens (including phenoxy) is 2.